The third kappa shape index (κ3) is 4.26. The minimum Gasteiger partial charge on any atom is -0.495 e. The summed E-state index contributed by atoms with van der Waals surface area (Å²) in [5.41, 5.74) is 9.90. The zero-order chi connectivity index (χ0) is 17.5. The van der Waals surface area contributed by atoms with Crippen LogP contribution in [0.2, 0.25) is 0 Å². The molecular formula is C17H25N5O2. The van der Waals surface area contributed by atoms with E-state index >= 15 is 0 Å². The quantitative estimate of drug-likeness (QED) is 0.599. The molecule has 0 aliphatic rings. The van der Waals surface area contributed by atoms with Crippen molar-refractivity contribution < 1.29 is 9.47 Å². The number of methoxy groups -OCH3 is 2. The van der Waals surface area contributed by atoms with Crippen LogP contribution in [0, 0.1) is 13.8 Å². The molecule has 1 heterocycles. The molecule has 0 amide bonds. The van der Waals surface area contributed by atoms with Gasteiger partial charge < -0.3 is 20.5 Å². The molecule has 130 valence electrons. The van der Waals surface area contributed by atoms with E-state index in [0.29, 0.717) is 19.1 Å². The van der Waals surface area contributed by atoms with E-state index in [2.05, 4.69) is 15.4 Å². The number of nitrogens with zero attached hydrogens (tertiary/aromatic N) is 3. The van der Waals surface area contributed by atoms with Crippen molar-refractivity contribution >= 4 is 11.6 Å². The first-order valence-electron chi connectivity index (χ1n) is 7.78. The highest BCUT2D eigenvalue weighted by atomic mass is 16.5. The molecule has 3 N–H and O–H groups in total. The summed E-state index contributed by atoms with van der Waals surface area (Å²) >= 11 is 0. The first kappa shape index (κ1) is 17.8. The highest BCUT2D eigenvalue weighted by Crippen LogP contribution is 2.22. The molecule has 1 aromatic carbocycles. The van der Waals surface area contributed by atoms with E-state index in [-0.39, 0.29) is 0 Å². The van der Waals surface area contributed by atoms with Gasteiger partial charge in [-0.2, -0.15) is 5.10 Å². The van der Waals surface area contributed by atoms with Crippen molar-refractivity contribution in [2.75, 3.05) is 26.1 Å². The number of benzene rings is 1. The highest BCUT2D eigenvalue weighted by molar-refractivity contribution is 5.93. The molecule has 0 spiro atoms. The largest absolute Gasteiger partial charge is 0.495 e. The fourth-order valence-corrected chi connectivity index (χ4v) is 2.45. The van der Waals surface area contributed by atoms with Crippen molar-refractivity contribution in [2.24, 2.45) is 10.7 Å². The summed E-state index contributed by atoms with van der Waals surface area (Å²) in [4.78, 5) is 4.42. The molecule has 0 saturated carbocycles. The van der Waals surface area contributed by atoms with Crippen molar-refractivity contribution in [1.29, 1.82) is 0 Å². The SMILES string of the molecule is COCCn1nc(C)c(CN=C(N)Nc2ccccc2OC)c1C. The second kappa shape index (κ2) is 8.35. The van der Waals surface area contributed by atoms with Gasteiger partial charge in [0.05, 0.1) is 38.2 Å². The van der Waals surface area contributed by atoms with E-state index in [0.717, 1.165) is 34.9 Å². The monoisotopic (exact) mass is 331 g/mol. The number of guanidine groups is 1. The molecule has 24 heavy (non-hydrogen) atoms. The first-order chi connectivity index (χ1) is 11.6. The van der Waals surface area contributed by atoms with E-state index < -0.39 is 0 Å². The molecule has 0 saturated heterocycles. The van der Waals surface area contributed by atoms with E-state index in [4.69, 9.17) is 15.2 Å². The number of aryl methyl sites for hydroxylation is 1. The number of ether oxygens (including phenoxy) is 2. The maximum Gasteiger partial charge on any atom is 0.193 e. The molecule has 0 atom stereocenters. The average molecular weight is 331 g/mol. The number of rotatable bonds is 7. The smallest absolute Gasteiger partial charge is 0.193 e. The summed E-state index contributed by atoms with van der Waals surface area (Å²) in [6, 6.07) is 7.56. The van der Waals surface area contributed by atoms with Crippen LogP contribution in [0.5, 0.6) is 5.75 Å². The highest BCUT2D eigenvalue weighted by Gasteiger charge is 2.11. The van der Waals surface area contributed by atoms with Crippen LogP contribution < -0.4 is 15.8 Å². The van der Waals surface area contributed by atoms with Gasteiger partial charge >= 0.3 is 0 Å². The van der Waals surface area contributed by atoms with E-state index in [1.54, 1.807) is 14.2 Å². The van der Waals surface area contributed by atoms with Crippen LogP contribution in [0.3, 0.4) is 0 Å². The number of aliphatic imine (C=N–C) groups is 1. The van der Waals surface area contributed by atoms with Gasteiger partial charge in [-0.3, -0.25) is 4.68 Å². The molecule has 0 unspecified atom stereocenters. The van der Waals surface area contributed by atoms with Crippen LogP contribution in [-0.2, 0) is 17.8 Å². The second-order valence-electron chi connectivity index (χ2n) is 5.39. The topological polar surface area (TPSA) is 86.7 Å². The Kier molecular flexibility index (Phi) is 6.20. The normalized spacial score (nSPS) is 11.6. The van der Waals surface area contributed by atoms with Crippen LogP contribution in [0.1, 0.15) is 17.0 Å². The number of aromatic nitrogens is 2. The lowest BCUT2D eigenvalue weighted by Crippen LogP contribution is -2.23. The van der Waals surface area contributed by atoms with Gasteiger partial charge in [0.15, 0.2) is 5.96 Å². The molecule has 0 aliphatic carbocycles. The zero-order valence-electron chi connectivity index (χ0n) is 14.7. The van der Waals surface area contributed by atoms with Crippen molar-refractivity contribution in [1.82, 2.24) is 9.78 Å². The summed E-state index contributed by atoms with van der Waals surface area (Å²) in [7, 11) is 3.30. The Hall–Kier alpha value is -2.54. The maximum atomic E-state index is 6.00. The maximum absolute atomic E-state index is 6.00. The minimum atomic E-state index is 0.336. The summed E-state index contributed by atoms with van der Waals surface area (Å²) in [5.74, 6) is 1.05. The number of nitrogens with two attached hydrogens (primary N) is 1. The predicted octanol–water partition coefficient (Wildman–Crippen LogP) is 2.08. The molecular weight excluding hydrogens is 306 g/mol. The van der Waals surface area contributed by atoms with Gasteiger partial charge in [0, 0.05) is 18.4 Å². The Balaban J connectivity index is 2.08. The van der Waals surface area contributed by atoms with Crippen LogP contribution in [0.15, 0.2) is 29.3 Å². The lowest BCUT2D eigenvalue weighted by atomic mass is 10.2. The Bertz CT molecular complexity index is 709. The van der Waals surface area contributed by atoms with Crippen LogP contribution in [0.4, 0.5) is 5.69 Å². The molecule has 7 nitrogen and oxygen atoms in total. The fourth-order valence-electron chi connectivity index (χ4n) is 2.45. The molecule has 0 radical (unpaired) electrons. The molecule has 0 aliphatic heterocycles. The van der Waals surface area contributed by atoms with Crippen LogP contribution in [-0.4, -0.2) is 36.6 Å². The number of hydrogen-bond donors (Lipinski definition) is 2. The lowest BCUT2D eigenvalue weighted by Gasteiger charge is -2.10. The van der Waals surface area contributed by atoms with Crippen molar-refractivity contribution in [3.63, 3.8) is 0 Å². The van der Waals surface area contributed by atoms with Gasteiger partial charge in [-0.1, -0.05) is 12.1 Å². The average Bonchev–Trinajstić information content (AvgIpc) is 2.85. The zero-order valence-corrected chi connectivity index (χ0v) is 14.7. The van der Waals surface area contributed by atoms with Crippen molar-refractivity contribution in [3.05, 3.63) is 41.2 Å². The molecule has 2 aromatic rings. The molecule has 0 fully saturated rings. The number of para-hydroxylation sites is 2. The first-order valence-corrected chi connectivity index (χ1v) is 7.78. The van der Waals surface area contributed by atoms with Gasteiger partial charge in [0.25, 0.3) is 0 Å². The summed E-state index contributed by atoms with van der Waals surface area (Å²) in [6.07, 6.45) is 0. The van der Waals surface area contributed by atoms with Gasteiger partial charge in [-0.15, -0.1) is 0 Å². The number of anilines is 1. The Labute approximate surface area is 142 Å². The van der Waals surface area contributed by atoms with Gasteiger partial charge in [0.2, 0.25) is 0 Å². The Morgan fingerprint density at radius 2 is 2.04 bits per heavy atom. The molecule has 7 heteroatoms. The third-order valence-electron chi connectivity index (χ3n) is 3.82. The van der Waals surface area contributed by atoms with Gasteiger partial charge in [0.1, 0.15) is 5.75 Å². The predicted molar refractivity (Wildman–Crippen MR) is 95.5 cm³/mol. The standard InChI is InChI=1S/C17H25N5O2/c1-12-14(13(2)22(21-12)9-10-23-3)11-19-17(18)20-15-7-5-6-8-16(15)24-4/h5-8H,9-11H2,1-4H3,(H3,18,19,20). The van der Waals surface area contributed by atoms with E-state index in [1.807, 2.05) is 42.8 Å². The third-order valence-corrected chi connectivity index (χ3v) is 3.82. The summed E-state index contributed by atoms with van der Waals surface area (Å²) in [5, 5.41) is 7.59. The molecule has 0 bridgehead atoms. The molecule has 1 aromatic heterocycles. The second-order valence-corrected chi connectivity index (χ2v) is 5.39. The van der Waals surface area contributed by atoms with E-state index in [1.165, 1.54) is 0 Å². The summed E-state index contributed by atoms with van der Waals surface area (Å²) < 4.78 is 12.3. The Morgan fingerprint density at radius 1 is 1.29 bits per heavy atom. The van der Waals surface area contributed by atoms with Crippen LogP contribution >= 0.6 is 0 Å². The number of nitrogens with one attached hydrogen (secondary N) is 1. The number of hydrogen-bond acceptors (Lipinski definition) is 4. The molecule has 2 rings (SSSR count). The van der Waals surface area contributed by atoms with Gasteiger partial charge in [-0.25, -0.2) is 4.99 Å². The lowest BCUT2D eigenvalue weighted by molar-refractivity contribution is 0.182. The van der Waals surface area contributed by atoms with E-state index in [9.17, 15) is 0 Å². The van der Waals surface area contributed by atoms with Gasteiger partial charge in [-0.05, 0) is 26.0 Å². The Morgan fingerprint density at radius 3 is 2.75 bits per heavy atom. The minimum absolute atomic E-state index is 0.336. The van der Waals surface area contributed by atoms with Crippen molar-refractivity contribution in [3.8, 4) is 5.75 Å². The summed E-state index contributed by atoms with van der Waals surface area (Å²) in [6.45, 7) is 5.83. The fraction of sp³-hybridized carbons (Fsp3) is 0.412. The van der Waals surface area contributed by atoms with Crippen molar-refractivity contribution in [2.45, 2.75) is 26.9 Å². The van der Waals surface area contributed by atoms with Crippen LogP contribution in [0.25, 0.3) is 0 Å².